The molecule has 19 heavy (non-hydrogen) atoms. The van der Waals surface area contributed by atoms with E-state index in [0.29, 0.717) is 6.29 Å². The molecule has 0 aromatic heterocycles. The SMILES string of the molecule is O=C/C(SOOC(F)(F)F)=C1\NC2C=CC=CC2O1. The van der Waals surface area contributed by atoms with Gasteiger partial charge in [-0.15, -0.1) is 22.4 Å². The highest BCUT2D eigenvalue weighted by Gasteiger charge is 2.34. The molecule has 2 rings (SSSR count). The van der Waals surface area contributed by atoms with E-state index in [1.807, 2.05) is 0 Å². The van der Waals surface area contributed by atoms with Crippen molar-refractivity contribution < 1.29 is 31.9 Å². The maximum Gasteiger partial charge on any atom is 0.550 e. The van der Waals surface area contributed by atoms with Crippen LogP contribution in [-0.4, -0.2) is 24.8 Å². The Labute approximate surface area is 110 Å². The van der Waals surface area contributed by atoms with Crippen LogP contribution in [-0.2, 0) is 18.8 Å². The molecule has 1 fully saturated rings. The third-order valence-electron chi connectivity index (χ3n) is 2.22. The molecule has 1 saturated heterocycles. The van der Waals surface area contributed by atoms with Crippen molar-refractivity contribution in [2.24, 2.45) is 0 Å². The Kier molecular flexibility index (Phi) is 4.17. The van der Waals surface area contributed by atoms with E-state index in [0.717, 1.165) is 0 Å². The molecule has 0 spiro atoms. The van der Waals surface area contributed by atoms with Crippen LogP contribution in [0.4, 0.5) is 13.2 Å². The van der Waals surface area contributed by atoms with Gasteiger partial charge in [0.1, 0.15) is 11.0 Å². The number of carbonyl (C=O) groups excluding carboxylic acids is 1. The first kappa shape index (κ1) is 14.0. The number of halogens is 3. The number of ether oxygens (including phenoxy) is 1. The van der Waals surface area contributed by atoms with Crippen molar-refractivity contribution in [1.82, 2.24) is 5.32 Å². The van der Waals surface area contributed by atoms with Crippen LogP contribution in [0.1, 0.15) is 0 Å². The molecule has 0 saturated carbocycles. The van der Waals surface area contributed by atoms with Gasteiger partial charge >= 0.3 is 6.36 Å². The van der Waals surface area contributed by atoms with E-state index in [1.165, 1.54) is 0 Å². The van der Waals surface area contributed by atoms with E-state index in [1.54, 1.807) is 24.3 Å². The standard InChI is InChI=1S/C10H8F3NO4S/c11-10(12,13)17-18-19-8(5-15)9-14-6-3-1-2-4-7(6)16-9/h1-7,14H/b9-8-. The molecule has 0 aromatic carbocycles. The minimum absolute atomic E-state index is 0.0528. The average Bonchev–Trinajstić information content (AvgIpc) is 2.76. The van der Waals surface area contributed by atoms with Gasteiger partial charge in [-0.25, -0.2) is 0 Å². The molecule has 0 aromatic rings. The zero-order chi connectivity index (χ0) is 13.9. The van der Waals surface area contributed by atoms with E-state index in [-0.39, 0.29) is 35.0 Å². The Morgan fingerprint density at radius 3 is 2.79 bits per heavy atom. The Bertz CT molecular complexity index is 425. The van der Waals surface area contributed by atoms with Gasteiger partial charge in [-0.2, -0.15) is 0 Å². The largest absolute Gasteiger partial charge is 0.550 e. The highest BCUT2D eigenvalue weighted by atomic mass is 32.2. The number of hydrogen-bond donors (Lipinski definition) is 1. The third-order valence-corrected chi connectivity index (χ3v) is 2.82. The van der Waals surface area contributed by atoms with Gasteiger partial charge in [-0.1, -0.05) is 18.2 Å². The number of allylic oxidation sites excluding steroid dienone is 3. The van der Waals surface area contributed by atoms with E-state index < -0.39 is 6.36 Å². The summed E-state index contributed by atoms with van der Waals surface area (Å²) in [6.07, 6.45) is 2.19. The van der Waals surface area contributed by atoms with Crippen LogP contribution in [0, 0.1) is 0 Å². The number of alkyl halides is 3. The Morgan fingerprint density at radius 1 is 1.42 bits per heavy atom. The van der Waals surface area contributed by atoms with Crippen LogP contribution in [0.25, 0.3) is 0 Å². The first-order valence-corrected chi connectivity index (χ1v) is 5.80. The smallest absolute Gasteiger partial charge is 0.468 e. The van der Waals surface area contributed by atoms with Crippen molar-refractivity contribution >= 4 is 18.3 Å². The molecule has 1 aliphatic heterocycles. The fourth-order valence-electron chi connectivity index (χ4n) is 1.48. The molecule has 9 heteroatoms. The number of hydrogen-bond acceptors (Lipinski definition) is 6. The number of nitrogens with one attached hydrogen (secondary N) is 1. The zero-order valence-corrected chi connectivity index (χ0v) is 10.0. The summed E-state index contributed by atoms with van der Waals surface area (Å²) in [6.45, 7) is 0. The molecule has 2 atom stereocenters. The summed E-state index contributed by atoms with van der Waals surface area (Å²) in [5, 5.41) is 2.84. The highest BCUT2D eigenvalue weighted by molar-refractivity contribution is 7.99. The molecule has 0 bridgehead atoms. The van der Waals surface area contributed by atoms with Crippen molar-refractivity contribution in [3.05, 3.63) is 35.1 Å². The topological polar surface area (TPSA) is 56.8 Å². The Morgan fingerprint density at radius 2 is 2.16 bits per heavy atom. The average molecular weight is 295 g/mol. The number of rotatable bonds is 4. The molecule has 1 aliphatic carbocycles. The second-order valence-corrected chi connectivity index (χ2v) is 4.26. The predicted octanol–water partition coefficient (Wildman–Crippen LogP) is 1.95. The van der Waals surface area contributed by atoms with Crippen molar-refractivity contribution in [3.8, 4) is 0 Å². The van der Waals surface area contributed by atoms with E-state index in [2.05, 4.69) is 14.5 Å². The lowest BCUT2D eigenvalue weighted by Gasteiger charge is -2.11. The molecule has 2 unspecified atom stereocenters. The minimum Gasteiger partial charge on any atom is -0.468 e. The van der Waals surface area contributed by atoms with Crippen LogP contribution in [0.3, 0.4) is 0 Å². The van der Waals surface area contributed by atoms with Gasteiger partial charge in [-0.05, 0) is 6.08 Å². The van der Waals surface area contributed by atoms with Crippen LogP contribution in [0.5, 0.6) is 0 Å². The summed E-state index contributed by atoms with van der Waals surface area (Å²) in [4.78, 5) is 13.7. The van der Waals surface area contributed by atoms with Gasteiger partial charge in [0.2, 0.25) is 5.88 Å². The lowest BCUT2D eigenvalue weighted by Crippen LogP contribution is -2.27. The summed E-state index contributed by atoms with van der Waals surface area (Å²) in [5.41, 5.74) is 0. The monoisotopic (exact) mass is 295 g/mol. The molecular formula is C10H8F3NO4S. The summed E-state index contributed by atoms with van der Waals surface area (Å²) in [5.74, 6) is 0.0528. The minimum atomic E-state index is -4.94. The third kappa shape index (κ3) is 3.75. The molecule has 5 nitrogen and oxygen atoms in total. The number of carbonyl (C=O) groups is 1. The van der Waals surface area contributed by atoms with Crippen LogP contribution >= 0.6 is 12.0 Å². The lowest BCUT2D eigenvalue weighted by atomic mass is 10.1. The summed E-state index contributed by atoms with van der Waals surface area (Å²) < 4.78 is 44.3. The summed E-state index contributed by atoms with van der Waals surface area (Å²) >= 11 is 0.125. The molecule has 1 heterocycles. The van der Waals surface area contributed by atoms with Crippen molar-refractivity contribution in [1.29, 1.82) is 0 Å². The molecule has 104 valence electrons. The summed E-state index contributed by atoms with van der Waals surface area (Å²) in [6, 6.07) is -0.168. The Balaban J connectivity index is 1.97. The Hall–Kier alpha value is -1.45. The molecule has 0 radical (unpaired) electrons. The van der Waals surface area contributed by atoms with Crippen LogP contribution in [0.15, 0.2) is 35.1 Å². The van der Waals surface area contributed by atoms with E-state index in [4.69, 9.17) is 4.74 Å². The molecule has 0 amide bonds. The molecular weight excluding hydrogens is 287 g/mol. The normalized spacial score (nSPS) is 27.5. The van der Waals surface area contributed by atoms with E-state index in [9.17, 15) is 18.0 Å². The van der Waals surface area contributed by atoms with Gasteiger partial charge in [0.15, 0.2) is 6.29 Å². The van der Waals surface area contributed by atoms with Gasteiger partial charge in [0, 0.05) is 0 Å². The highest BCUT2D eigenvalue weighted by Crippen LogP contribution is 2.29. The number of aldehydes is 1. The fraction of sp³-hybridized carbons (Fsp3) is 0.300. The second kappa shape index (κ2) is 5.68. The quantitative estimate of drug-likeness (QED) is 0.281. The second-order valence-electron chi connectivity index (χ2n) is 3.51. The first-order chi connectivity index (χ1) is 8.99. The molecule has 2 aliphatic rings. The van der Waals surface area contributed by atoms with Crippen molar-refractivity contribution in [2.75, 3.05) is 0 Å². The maximum absolute atomic E-state index is 11.7. The van der Waals surface area contributed by atoms with Gasteiger partial charge < -0.3 is 10.1 Å². The maximum atomic E-state index is 11.7. The van der Waals surface area contributed by atoms with E-state index >= 15 is 0 Å². The number of fused-ring (bicyclic) bond motifs is 1. The molecule has 1 N–H and O–H groups in total. The van der Waals surface area contributed by atoms with Gasteiger partial charge in [0.05, 0.1) is 18.1 Å². The van der Waals surface area contributed by atoms with Crippen molar-refractivity contribution in [3.63, 3.8) is 0 Å². The lowest BCUT2D eigenvalue weighted by molar-refractivity contribution is -0.439. The van der Waals surface area contributed by atoms with Gasteiger partial charge in [0.25, 0.3) is 0 Å². The van der Waals surface area contributed by atoms with Crippen LogP contribution < -0.4 is 5.32 Å². The van der Waals surface area contributed by atoms with Gasteiger partial charge in [-0.3, -0.25) is 4.79 Å². The zero-order valence-electron chi connectivity index (χ0n) is 9.22. The predicted molar refractivity (Wildman–Crippen MR) is 59.0 cm³/mol. The van der Waals surface area contributed by atoms with Crippen LogP contribution in [0.2, 0.25) is 0 Å². The fourth-order valence-corrected chi connectivity index (χ4v) is 1.89. The first-order valence-electron chi connectivity index (χ1n) is 5.06. The van der Waals surface area contributed by atoms with Crippen molar-refractivity contribution in [2.45, 2.75) is 18.5 Å². The summed E-state index contributed by atoms with van der Waals surface area (Å²) in [7, 11) is 0.